The van der Waals surface area contributed by atoms with Crippen molar-refractivity contribution in [3.63, 3.8) is 0 Å². The lowest BCUT2D eigenvalue weighted by Gasteiger charge is -2.32. The van der Waals surface area contributed by atoms with Crippen molar-refractivity contribution in [2.24, 2.45) is 0 Å². The first kappa shape index (κ1) is 20.2. The van der Waals surface area contributed by atoms with Crippen LogP contribution in [0.5, 0.6) is 0 Å². The summed E-state index contributed by atoms with van der Waals surface area (Å²) in [4.78, 5) is 23.5. The number of Topliss-reactive ketones (excluding diaryl/α,β-unsaturated/α-hetero) is 1. The van der Waals surface area contributed by atoms with E-state index < -0.39 is 0 Å². The summed E-state index contributed by atoms with van der Waals surface area (Å²) in [6.45, 7) is 6.23. The van der Waals surface area contributed by atoms with Crippen LogP contribution >= 0.6 is 0 Å². The molecule has 0 radical (unpaired) electrons. The van der Waals surface area contributed by atoms with Crippen molar-refractivity contribution in [1.29, 1.82) is 0 Å². The fourth-order valence-electron chi connectivity index (χ4n) is 4.60. The first-order chi connectivity index (χ1) is 13.5. The molecule has 0 amide bonds. The van der Waals surface area contributed by atoms with Crippen LogP contribution in [0.25, 0.3) is 11.1 Å². The van der Waals surface area contributed by atoms with Crippen LogP contribution in [-0.4, -0.2) is 10.7 Å². The number of rotatable bonds is 9. The molecule has 3 rings (SSSR count). The minimum absolute atomic E-state index is 0.143. The third-order valence-electron chi connectivity index (χ3n) is 6.11. The molecule has 0 saturated heterocycles. The molecule has 4 heteroatoms. The average molecular weight is 380 g/mol. The lowest BCUT2D eigenvalue weighted by Crippen LogP contribution is -2.26. The third kappa shape index (κ3) is 3.36. The largest absolute Gasteiger partial charge is 0.294 e. The van der Waals surface area contributed by atoms with Crippen LogP contribution in [-0.2, 0) is 5.41 Å². The van der Waals surface area contributed by atoms with Gasteiger partial charge in [0.05, 0.1) is 4.92 Å². The monoisotopic (exact) mass is 379 g/mol. The Morgan fingerprint density at radius 1 is 0.929 bits per heavy atom. The molecular formula is C24H29NO3. The Hall–Kier alpha value is -2.49. The summed E-state index contributed by atoms with van der Waals surface area (Å²) in [5.74, 6) is 0.143. The van der Waals surface area contributed by atoms with Gasteiger partial charge in [-0.2, -0.15) is 0 Å². The van der Waals surface area contributed by atoms with Gasteiger partial charge in [0.25, 0.3) is 5.69 Å². The van der Waals surface area contributed by atoms with Gasteiger partial charge in [-0.1, -0.05) is 58.6 Å². The van der Waals surface area contributed by atoms with E-state index in [0.717, 1.165) is 60.8 Å². The number of non-ortho nitro benzene ring substituents is 1. The number of hydrogen-bond acceptors (Lipinski definition) is 3. The van der Waals surface area contributed by atoms with Crippen LogP contribution in [0, 0.1) is 10.1 Å². The molecule has 0 N–H and O–H groups in total. The summed E-state index contributed by atoms with van der Waals surface area (Å²) >= 11 is 0. The number of hydrogen-bond donors (Lipinski definition) is 0. The van der Waals surface area contributed by atoms with Crippen LogP contribution < -0.4 is 0 Å². The van der Waals surface area contributed by atoms with Crippen LogP contribution in [0.4, 0.5) is 5.69 Å². The van der Waals surface area contributed by atoms with Gasteiger partial charge in [-0.15, -0.1) is 0 Å². The van der Waals surface area contributed by atoms with Crippen molar-refractivity contribution in [3.8, 4) is 11.1 Å². The molecule has 28 heavy (non-hydrogen) atoms. The van der Waals surface area contributed by atoms with E-state index in [1.54, 1.807) is 12.1 Å². The smallest absolute Gasteiger partial charge is 0.269 e. The van der Waals surface area contributed by atoms with Crippen LogP contribution in [0.2, 0.25) is 0 Å². The van der Waals surface area contributed by atoms with E-state index in [0.29, 0.717) is 6.42 Å². The Balaban J connectivity index is 2.26. The number of benzene rings is 2. The Kier molecular flexibility index (Phi) is 5.97. The van der Waals surface area contributed by atoms with E-state index in [1.807, 2.05) is 25.1 Å². The molecule has 1 aliphatic carbocycles. The molecule has 1 aliphatic rings. The van der Waals surface area contributed by atoms with Gasteiger partial charge in [-0.3, -0.25) is 14.9 Å². The van der Waals surface area contributed by atoms with Crippen LogP contribution in [0.15, 0.2) is 36.4 Å². The molecule has 148 valence electrons. The second kappa shape index (κ2) is 8.26. The van der Waals surface area contributed by atoms with E-state index in [-0.39, 0.29) is 21.8 Å². The summed E-state index contributed by atoms with van der Waals surface area (Å²) in [6, 6.07) is 11.3. The molecule has 0 aromatic heterocycles. The fourth-order valence-corrected chi connectivity index (χ4v) is 4.60. The van der Waals surface area contributed by atoms with Crippen molar-refractivity contribution in [2.75, 3.05) is 0 Å². The van der Waals surface area contributed by atoms with Gasteiger partial charge in [0, 0.05) is 29.5 Å². The van der Waals surface area contributed by atoms with Crippen LogP contribution in [0.3, 0.4) is 0 Å². The molecule has 4 nitrogen and oxygen atoms in total. The predicted molar refractivity (Wildman–Crippen MR) is 113 cm³/mol. The molecular weight excluding hydrogens is 350 g/mol. The second-order valence-corrected chi connectivity index (χ2v) is 7.81. The Labute approximate surface area is 167 Å². The lowest BCUT2D eigenvalue weighted by molar-refractivity contribution is -0.384. The molecule has 0 saturated carbocycles. The van der Waals surface area contributed by atoms with E-state index >= 15 is 0 Å². The number of fused-ring (bicyclic) bond motifs is 3. The van der Waals surface area contributed by atoms with E-state index in [2.05, 4.69) is 19.9 Å². The van der Waals surface area contributed by atoms with E-state index in [1.165, 1.54) is 5.56 Å². The zero-order valence-corrected chi connectivity index (χ0v) is 17.1. The summed E-state index contributed by atoms with van der Waals surface area (Å²) in [5.41, 5.74) is 5.12. The molecule has 0 fully saturated rings. The number of unbranched alkanes of at least 4 members (excludes halogenated alkanes) is 2. The van der Waals surface area contributed by atoms with Crippen molar-refractivity contribution in [3.05, 3.63) is 63.2 Å². The highest BCUT2D eigenvalue weighted by atomic mass is 16.6. The third-order valence-corrected chi connectivity index (χ3v) is 6.11. The minimum atomic E-state index is -0.306. The molecule has 0 atom stereocenters. The molecule has 0 spiro atoms. The SMILES string of the molecule is CCCCC1(CCCC)c2cc(C(=O)CC)ccc2-c2ccc([N+](=O)[O-])cc21. The molecule has 2 aromatic rings. The molecule has 0 aliphatic heterocycles. The standard InChI is InChI=1S/C24H29NO3/c1-4-7-13-24(14-8-5-2)21-15-17(23(26)6-3)9-11-19(21)20-12-10-18(25(27)28)16-22(20)24/h9-12,15-16H,4-8,13-14H2,1-3H3. The summed E-state index contributed by atoms with van der Waals surface area (Å²) in [5, 5.41) is 11.5. The topological polar surface area (TPSA) is 60.2 Å². The summed E-state index contributed by atoms with van der Waals surface area (Å²) in [7, 11) is 0. The highest BCUT2D eigenvalue weighted by Crippen LogP contribution is 2.55. The van der Waals surface area contributed by atoms with Crippen molar-refractivity contribution in [1.82, 2.24) is 0 Å². The number of nitro benzene ring substituents is 1. The number of nitrogens with zero attached hydrogens (tertiary/aromatic N) is 1. The van der Waals surface area contributed by atoms with Crippen LogP contribution in [0.1, 0.15) is 87.2 Å². The molecule has 2 aromatic carbocycles. The summed E-state index contributed by atoms with van der Waals surface area (Å²) in [6.07, 6.45) is 6.63. The quantitative estimate of drug-likeness (QED) is 0.272. The Morgan fingerprint density at radius 2 is 1.50 bits per heavy atom. The van der Waals surface area contributed by atoms with Crippen molar-refractivity contribution >= 4 is 11.5 Å². The normalized spacial score (nSPS) is 13.8. The highest BCUT2D eigenvalue weighted by molar-refractivity contribution is 5.97. The Bertz CT molecular complexity index is 893. The first-order valence-electron chi connectivity index (χ1n) is 10.5. The molecule has 0 bridgehead atoms. The maximum Gasteiger partial charge on any atom is 0.269 e. The van der Waals surface area contributed by atoms with Gasteiger partial charge < -0.3 is 0 Å². The fraction of sp³-hybridized carbons (Fsp3) is 0.458. The first-order valence-corrected chi connectivity index (χ1v) is 10.5. The molecule has 0 heterocycles. The van der Waals surface area contributed by atoms with Crippen molar-refractivity contribution < 1.29 is 9.72 Å². The van der Waals surface area contributed by atoms with Gasteiger partial charge >= 0.3 is 0 Å². The lowest BCUT2D eigenvalue weighted by atomic mass is 9.70. The van der Waals surface area contributed by atoms with Gasteiger partial charge in [0.2, 0.25) is 0 Å². The van der Waals surface area contributed by atoms with Gasteiger partial charge in [-0.05, 0) is 47.2 Å². The average Bonchev–Trinajstić information content (AvgIpc) is 2.99. The zero-order valence-electron chi connectivity index (χ0n) is 17.1. The minimum Gasteiger partial charge on any atom is -0.294 e. The number of nitro groups is 1. The second-order valence-electron chi connectivity index (χ2n) is 7.81. The van der Waals surface area contributed by atoms with E-state index in [4.69, 9.17) is 0 Å². The number of ketones is 1. The van der Waals surface area contributed by atoms with Gasteiger partial charge in [0.1, 0.15) is 0 Å². The van der Waals surface area contributed by atoms with E-state index in [9.17, 15) is 14.9 Å². The number of carbonyl (C=O) groups is 1. The summed E-state index contributed by atoms with van der Waals surface area (Å²) < 4.78 is 0. The Morgan fingerprint density at radius 3 is 2.04 bits per heavy atom. The maximum atomic E-state index is 12.4. The van der Waals surface area contributed by atoms with Gasteiger partial charge in [-0.25, -0.2) is 0 Å². The highest BCUT2D eigenvalue weighted by Gasteiger charge is 2.43. The maximum absolute atomic E-state index is 12.4. The zero-order chi connectivity index (χ0) is 20.3. The van der Waals surface area contributed by atoms with Gasteiger partial charge in [0.15, 0.2) is 5.78 Å². The van der Waals surface area contributed by atoms with Crippen molar-refractivity contribution in [2.45, 2.75) is 71.1 Å². The predicted octanol–water partition coefficient (Wildman–Crippen LogP) is 6.83. The number of carbonyl (C=O) groups excluding carboxylic acids is 1. The molecule has 0 unspecified atom stereocenters.